The van der Waals surface area contributed by atoms with Crippen molar-refractivity contribution in [1.29, 1.82) is 0 Å². The van der Waals surface area contributed by atoms with Crippen molar-refractivity contribution in [2.75, 3.05) is 11.5 Å². The van der Waals surface area contributed by atoms with E-state index in [1.165, 1.54) is 24.3 Å². The molecule has 33 heavy (non-hydrogen) atoms. The standard InChI is InChI=1S/C21H16Cl3F3N2O3S/c1-10-4-11(2-3-16(10)19(30)28-15-8-33(31)9-15)17-18(24)20(32-29-17,21(25,26)27)12-5-13(22)7-14(23)6-12/h2-7,15,18H,8-9H2,1H3,(H,28,30). The maximum absolute atomic E-state index is 14.3. The first kappa shape index (κ1) is 24.5. The van der Waals surface area contributed by atoms with Crippen LogP contribution in [0.25, 0.3) is 0 Å². The third-order valence-corrected chi connectivity index (χ3v) is 7.97. The Kier molecular flexibility index (Phi) is 6.56. The summed E-state index contributed by atoms with van der Waals surface area (Å²) in [5.41, 5.74) is -2.40. The molecule has 2 aliphatic heterocycles. The first-order valence-electron chi connectivity index (χ1n) is 9.62. The Labute approximate surface area is 205 Å². The van der Waals surface area contributed by atoms with Crippen LogP contribution in [-0.2, 0) is 21.6 Å². The Morgan fingerprint density at radius 3 is 2.39 bits per heavy atom. The number of carbonyl (C=O) groups excluding carboxylic acids is 1. The van der Waals surface area contributed by atoms with Gasteiger partial charge in [0.1, 0.15) is 28.6 Å². The molecule has 2 aromatic rings. The zero-order valence-corrected chi connectivity index (χ0v) is 20.0. The zero-order valence-electron chi connectivity index (χ0n) is 16.9. The Morgan fingerprint density at radius 1 is 1.21 bits per heavy atom. The van der Waals surface area contributed by atoms with Gasteiger partial charge in [-0.3, -0.25) is 4.79 Å². The summed E-state index contributed by atoms with van der Waals surface area (Å²) in [6.07, 6.45) is -4.95. The first-order chi connectivity index (χ1) is 15.4. The Bertz CT molecular complexity index is 1120. The van der Waals surface area contributed by atoms with Crippen molar-refractivity contribution in [3.8, 4) is 0 Å². The van der Waals surface area contributed by atoms with E-state index in [2.05, 4.69) is 10.5 Å². The highest BCUT2D eigenvalue weighted by Crippen LogP contribution is 2.51. The lowest BCUT2D eigenvalue weighted by Crippen LogP contribution is -2.53. The number of hydrogen-bond acceptors (Lipinski definition) is 4. The fourth-order valence-electron chi connectivity index (χ4n) is 3.76. The molecule has 1 fully saturated rings. The second kappa shape index (κ2) is 8.85. The Hall–Kier alpha value is -1.65. The molecule has 2 heterocycles. The summed E-state index contributed by atoms with van der Waals surface area (Å²) in [7, 11) is 0. The van der Waals surface area contributed by atoms with E-state index in [0.29, 0.717) is 22.6 Å². The van der Waals surface area contributed by atoms with Gasteiger partial charge in [-0.25, -0.2) is 0 Å². The van der Waals surface area contributed by atoms with E-state index in [-0.39, 0.29) is 38.8 Å². The summed E-state index contributed by atoms with van der Waals surface area (Å²) in [6, 6.07) is 7.76. The number of nitrogens with one attached hydrogen (secondary N) is 1. The third-order valence-electron chi connectivity index (χ3n) is 5.47. The summed E-state index contributed by atoms with van der Waals surface area (Å²) in [5, 5.41) is 4.69. The summed E-state index contributed by atoms with van der Waals surface area (Å²) in [4.78, 5) is 17.5. The van der Waals surface area contributed by atoms with Gasteiger partial charge in [0.2, 0.25) is 0 Å². The van der Waals surface area contributed by atoms with Crippen LogP contribution in [0.15, 0.2) is 41.6 Å². The van der Waals surface area contributed by atoms with Crippen LogP contribution in [0.3, 0.4) is 0 Å². The number of alkyl halides is 4. The predicted octanol–water partition coefficient (Wildman–Crippen LogP) is 4.96. The number of aryl methyl sites for hydroxylation is 1. The van der Waals surface area contributed by atoms with Crippen molar-refractivity contribution >= 4 is 57.6 Å². The number of rotatable bonds is 4. The van der Waals surface area contributed by atoms with Crippen molar-refractivity contribution in [3.05, 3.63) is 68.7 Å². The van der Waals surface area contributed by atoms with Gasteiger partial charge in [-0.2, -0.15) is 13.2 Å². The van der Waals surface area contributed by atoms with Crippen molar-refractivity contribution in [3.63, 3.8) is 0 Å². The monoisotopic (exact) mass is 538 g/mol. The zero-order chi connectivity index (χ0) is 24.1. The number of hydrogen-bond donors (Lipinski definition) is 1. The molecule has 12 heteroatoms. The molecule has 0 radical (unpaired) electrons. The van der Waals surface area contributed by atoms with Crippen LogP contribution in [0.2, 0.25) is 10.0 Å². The Balaban J connectivity index is 1.64. The van der Waals surface area contributed by atoms with Gasteiger partial charge in [0.05, 0.1) is 0 Å². The normalized spacial score (nSPS) is 26.9. The lowest BCUT2D eigenvalue weighted by atomic mass is 9.85. The average molecular weight is 540 g/mol. The molecule has 1 N–H and O–H groups in total. The lowest BCUT2D eigenvalue weighted by Gasteiger charge is -2.32. The van der Waals surface area contributed by atoms with Gasteiger partial charge in [0.25, 0.3) is 11.5 Å². The minimum Gasteiger partial charge on any atom is -0.616 e. The quantitative estimate of drug-likeness (QED) is 0.441. The van der Waals surface area contributed by atoms with Crippen molar-refractivity contribution in [2.45, 2.75) is 30.1 Å². The third kappa shape index (κ3) is 4.41. The van der Waals surface area contributed by atoms with Gasteiger partial charge in [0, 0.05) is 26.7 Å². The summed E-state index contributed by atoms with van der Waals surface area (Å²) >= 11 is 17.3. The molecule has 5 nitrogen and oxygen atoms in total. The first-order valence-corrected chi connectivity index (χ1v) is 12.3. The van der Waals surface area contributed by atoms with Crippen molar-refractivity contribution < 1.29 is 27.4 Å². The van der Waals surface area contributed by atoms with E-state index in [1.54, 1.807) is 6.92 Å². The minimum absolute atomic E-state index is 0.0106. The molecule has 0 saturated carbocycles. The van der Waals surface area contributed by atoms with E-state index in [0.717, 1.165) is 12.1 Å². The van der Waals surface area contributed by atoms with Crippen LogP contribution >= 0.6 is 34.8 Å². The molecule has 2 atom stereocenters. The predicted molar refractivity (Wildman–Crippen MR) is 122 cm³/mol. The van der Waals surface area contributed by atoms with E-state index in [1.807, 2.05) is 0 Å². The highest BCUT2D eigenvalue weighted by molar-refractivity contribution is 7.92. The van der Waals surface area contributed by atoms with Crippen LogP contribution in [0.4, 0.5) is 13.2 Å². The molecule has 176 valence electrons. The smallest absolute Gasteiger partial charge is 0.437 e. The highest BCUT2D eigenvalue weighted by Gasteiger charge is 2.68. The number of benzene rings is 2. The second-order valence-corrected chi connectivity index (χ2v) is 10.7. The maximum Gasteiger partial charge on any atom is 0.437 e. The van der Waals surface area contributed by atoms with E-state index in [4.69, 9.17) is 39.6 Å². The fourth-order valence-corrected chi connectivity index (χ4v) is 5.70. The van der Waals surface area contributed by atoms with Gasteiger partial charge in [-0.05, 0) is 54.0 Å². The summed E-state index contributed by atoms with van der Waals surface area (Å²) < 4.78 is 54.1. The largest absolute Gasteiger partial charge is 0.616 e. The van der Waals surface area contributed by atoms with E-state index >= 15 is 0 Å². The molecule has 0 spiro atoms. The van der Waals surface area contributed by atoms with Gasteiger partial charge < -0.3 is 14.7 Å². The van der Waals surface area contributed by atoms with Gasteiger partial charge >= 0.3 is 6.18 Å². The molecule has 1 amide bonds. The molecular formula is C21H16Cl3F3N2O3S. The van der Waals surface area contributed by atoms with E-state index in [9.17, 15) is 22.5 Å². The van der Waals surface area contributed by atoms with Crippen LogP contribution in [0.1, 0.15) is 27.0 Å². The summed E-state index contributed by atoms with van der Waals surface area (Å²) in [5.74, 6) is 0.446. The molecule has 2 aromatic carbocycles. The Morgan fingerprint density at radius 2 is 1.85 bits per heavy atom. The van der Waals surface area contributed by atoms with Gasteiger partial charge in [-0.1, -0.05) is 34.4 Å². The summed E-state index contributed by atoms with van der Waals surface area (Å²) in [6.45, 7) is 1.64. The number of halogens is 6. The number of amides is 1. The highest BCUT2D eigenvalue weighted by atomic mass is 35.5. The average Bonchev–Trinajstić information content (AvgIpc) is 3.04. The topological polar surface area (TPSA) is 73.8 Å². The molecule has 0 aromatic heterocycles. The maximum atomic E-state index is 14.3. The SMILES string of the molecule is Cc1cc(C2=NOC(c3cc(Cl)cc(Cl)c3)(C(F)(F)F)C2Cl)ccc1C(=O)NC1C[S+]([O-])C1. The fraction of sp³-hybridized carbons (Fsp3) is 0.333. The number of carbonyl (C=O) groups is 1. The molecule has 0 bridgehead atoms. The van der Waals surface area contributed by atoms with Gasteiger partial charge in [0.15, 0.2) is 0 Å². The van der Waals surface area contributed by atoms with Crippen molar-refractivity contribution in [2.24, 2.45) is 5.16 Å². The van der Waals surface area contributed by atoms with Crippen molar-refractivity contribution in [1.82, 2.24) is 5.32 Å². The molecule has 4 rings (SSSR count). The lowest BCUT2D eigenvalue weighted by molar-refractivity contribution is -0.274. The van der Waals surface area contributed by atoms with Crippen LogP contribution in [0, 0.1) is 6.92 Å². The molecular weight excluding hydrogens is 524 g/mol. The van der Waals surface area contributed by atoms with Crippen LogP contribution in [0.5, 0.6) is 0 Å². The molecule has 2 aliphatic rings. The minimum atomic E-state index is -4.95. The van der Waals surface area contributed by atoms with Crippen LogP contribution in [-0.4, -0.2) is 45.3 Å². The second-order valence-electron chi connectivity index (χ2n) is 7.80. The molecule has 2 unspecified atom stereocenters. The molecule has 1 saturated heterocycles. The van der Waals surface area contributed by atoms with Crippen LogP contribution < -0.4 is 5.32 Å². The number of oxime groups is 1. The van der Waals surface area contributed by atoms with Gasteiger partial charge in [-0.15, -0.1) is 11.6 Å². The number of nitrogens with zero attached hydrogens (tertiary/aromatic N) is 1. The van der Waals surface area contributed by atoms with E-state index < -0.39 is 28.3 Å². The molecule has 0 aliphatic carbocycles.